The Balaban J connectivity index is 1.66. The molecule has 2 aliphatic rings. The fourth-order valence-corrected chi connectivity index (χ4v) is 6.89. The SMILES string of the molecule is CCCc1ccccc1-c1c(C)ccc2c1-c1ccccc1C21c2ccccc2-c2ccccc21. The minimum atomic E-state index is -0.277. The van der Waals surface area contributed by atoms with E-state index in [4.69, 9.17) is 0 Å². The highest BCUT2D eigenvalue weighted by Crippen LogP contribution is 2.64. The first kappa shape index (κ1) is 20.5. The van der Waals surface area contributed by atoms with Crippen molar-refractivity contribution in [1.29, 1.82) is 0 Å². The zero-order valence-electron chi connectivity index (χ0n) is 20.3. The summed E-state index contributed by atoms with van der Waals surface area (Å²) in [5, 5.41) is 0. The fraction of sp³-hybridized carbons (Fsp3) is 0.143. The molecule has 0 saturated heterocycles. The van der Waals surface area contributed by atoms with Gasteiger partial charge in [0.15, 0.2) is 0 Å². The molecule has 0 unspecified atom stereocenters. The summed E-state index contributed by atoms with van der Waals surface area (Å²) in [4.78, 5) is 0. The van der Waals surface area contributed by atoms with E-state index < -0.39 is 0 Å². The van der Waals surface area contributed by atoms with Crippen molar-refractivity contribution in [2.24, 2.45) is 0 Å². The second-order valence-corrected chi connectivity index (χ2v) is 9.97. The molecule has 2 aliphatic carbocycles. The van der Waals surface area contributed by atoms with E-state index in [0.717, 1.165) is 12.8 Å². The third-order valence-electron chi connectivity index (χ3n) is 8.18. The highest BCUT2D eigenvalue weighted by Gasteiger charge is 2.52. The van der Waals surface area contributed by atoms with Crippen molar-refractivity contribution < 1.29 is 0 Å². The van der Waals surface area contributed by atoms with Crippen molar-refractivity contribution in [1.82, 2.24) is 0 Å². The molecule has 0 saturated carbocycles. The average molecular weight is 449 g/mol. The van der Waals surface area contributed by atoms with E-state index in [1.165, 1.54) is 66.8 Å². The molecule has 0 fully saturated rings. The van der Waals surface area contributed by atoms with Crippen LogP contribution < -0.4 is 0 Å². The molecular formula is C35H28. The minimum absolute atomic E-state index is 0.277. The Hall–Kier alpha value is -3.90. The zero-order chi connectivity index (χ0) is 23.6. The Morgan fingerprint density at radius 2 is 1.00 bits per heavy atom. The predicted molar refractivity (Wildman–Crippen MR) is 147 cm³/mol. The Morgan fingerprint density at radius 3 is 1.63 bits per heavy atom. The molecule has 0 nitrogen and oxygen atoms in total. The van der Waals surface area contributed by atoms with Gasteiger partial charge >= 0.3 is 0 Å². The Morgan fingerprint density at radius 1 is 0.486 bits per heavy atom. The van der Waals surface area contributed by atoms with E-state index in [1.807, 2.05) is 0 Å². The molecule has 0 bridgehead atoms. The lowest BCUT2D eigenvalue weighted by Gasteiger charge is -2.30. The van der Waals surface area contributed by atoms with Gasteiger partial charge in [-0.1, -0.05) is 123 Å². The smallest absolute Gasteiger partial charge is 0.0651 e. The van der Waals surface area contributed by atoms with Crippen LogP contribution in [0.4, 0.5) is 0 Å². The highest BCUT2D eigenvalue weighted by atomic mass is 14.5. The lowest BCUT2D eigenvalue weighted by Crippen LogP contribution is -2.25. The molecule has 0 amide bonds. The number of rotatable bonds is 3. The van der Waals surface area contributed by atoms with E-state index in [9.17, 15) is 0 Å². The van der Waals surface area contributed by atoms with Crippen LogP contribution in [0.25, 0.3) is 33.4 Å². The van der Waals surface area contributed by atoms with E-state index in [0.29, 0.717) is 0 Å². The highest BCUT2D eigenvalue weighted by molar-refractivity contribution is 6.00. The number of benzene rings is 5. The Labute approximate surface area is 207 Å². The van der Waals surface area contributed by atoms with Crippen LogP contribution >= 0.6 is 0 Å². The number of hydrogen-bond donors (Lipinski definition) is 0. The minimum Gasteiger partial charge on any atom is -0.0651 e. The van der Waals surface area contributed by atoms with Crippen LogP contribution in [0.5, 0.6) is 0 Å². The van der Waals surface area contributed by atoms with Crippen LogP contribution in [0.3, 0.4) is 0 Å². The molecule has 0 heteroatoms. The van der Waals surface area contributed by atoms with E-state index in [-0.39, 0.29) is 5.41 Å². The molecule has 168 valence electrons. The van der Waals surface area contributed by atoms with Crippen LogP contribution in [0, 0.1) is 6.92 Å². The van der Waals surface area contributed by atoms with Crippen LogP contribution in [0.2, 0.25) is 0 Å². The maximum absolute atomic E-state index is 2.41. The van der Waals surface area contributed by atoms with E-state index in [2.05, 4.69) is 123 Å². The first-order valence-corrected chi connectivity index (χ1v) is 12.8. The van der Waals surface area contributed by atoms with Crippen molar-refractivity contribution in [2.45, 2.75) is 32.1 Å². The molecule has 5 aromatic rings. The monoisotopic (exact) mass is 448 g/mol. The summed E-state index contributed by atoms with van der Waals surface area (Å²) >= 11 is 0. The lowest BCUT2D eigenvalue weighted by atomic mass is 9.70. The van der Waals surface area contributed by atoms with Gasteiger partial charge in [0.2, 0.25) is 0 Å². The van der Waals surface area contributed by atoms with Gasteiger partial charge in [0.1, 0.15) is 0 Å². The summed E-state index contributed by atoms with van der Waals surface area (Å²) in [6.45, 7) is 4.55. The summed E-state index contributed by atoms with van der Waals surface area (Å²) in [5.74, 6) is 0. The van der Waals surface area contributed by atoms with Gasteiger partial charge in [-0.3, -0.25) is 0 Å². The third-order valence-corrected chi connectivity index (χ3v) is 8.18. The quantitative estimate of drug-likeness (QED) is 0.253. The molecule has 5 aromatic carbocycles. The first-order valence-electron chi connectivity index (χ1n) is 12.8. The fourth-order valence-electron chi connectivity index (χ4n) is 6.89. The summed E-state index contributed by atoms with van der Waals surface area (Å²) in [6.07, 6.45) is 2.24. The van der Waals surface area contributed by atoms with Gasteiger partial charge < -0.3 is 0 Å². The molecule has 0 atom stereocenters. The molecule has 35 heavy (non-hydrogen) atoms. The van der Waals surface area contributed by atoms with Crippen LogP contribution in [0.1, 0.15) is 46.7 Å². The topological polar surface area (TPSA) is 0 Å². The second kappa shape index (κ2) is 7.55. The summed E-state index contributed by atoms with van der Waals surface area (Å²) in [5.41, 5.74) is 16.4. The molecule has 1 spiro atoms. The van der Waals surface area contributed by atoms with Gasteiger partial charge in [-0.2, -0.15) is 0 Å². The number of hydrogen-bond acceptors (Lipinski definition) is 0. The van der Waals surface area contributed by atoms with Crippen molar-refractivity contribution in [3.05, 3.63) is 143 Å². The maximum Gasteiger partial charge on any atom is 0.0725 e. The predicted octanol–water partition coefficient (Wildman–Crippen LogP) is 8.96. The van der Waals surface area contributed by atoms with Crippen LogP contribution in [0.15, 0.2) is 109 Å². The molecule has 0 N–H and O–H groups in total. The second-order valence-electron chi connectivity index (χ2n) is 9.97. The first-order chi connectivity index (χ1) is 17.3. The lowest BCUT2D eigenvalue weighted by molar-refractivity contribution is 0.793. The van der Waals surface area contributed by atoms with E-state index in [1.54, 1.807) is 0 Å². The standard InChI is InChI=1S/C35H28/c1-3-12-24-13-4-5-14-25(24)33-23(2)21-22-32-34(33)28-17-8-11-20-31(28)35(32)29-18-9-6-15-26(29)27-16-7-10-19-30(27)35/h4-11,13-22H,3,12H2,1-2H3. The molecule has 0 heterocycles. The largest absolute Gasteiger partial charge is 0.0725 e. The van der Waals surface area contributed by atoms with Gasteiger partial charge in [-0.05, 0) is 80.1 Å². The van der Waals surface area contributed by atoms with Gasteiger partial charge in [0, 0.05) is 0 Å². The van der Waals surface area contributed by atoms with E-state index >= 15 is 0 Å². The summed E-state index contributed by atoms with van der Waals surface area (Å²) < 4.78 is 0. The van der Waals surface area contributed by atoms with Gasteiger partial charge in [0.25, 0.3) is 0 Å². The maximum atomic E-state index is 2.41. The molecule has 0 aromatic heterocycles. The average Bonchev–Trinajstić information content (AvgIpc) is 3.37. The van der Waals surface area contributed by atoms with Crippen molar-refractivity contribution >= 4 is 0 Å². The number of fused-ring (bicyclic) bond motifs is 10. The summed E-state index contributed by atoms with van der Waals surface area (Å²) in [7, 11) is 0. The summed E-state index contributed by atoms with van der Waals surface area (Å²) in [6, 6.07) is 41.0. The van der Waals surface area contributed by atoms with Crippen molar-refractivity contribution in [3.8, 4) is 33.4 Å². The Bertz CT molecular complexity index is 1570. The zero-order valence-corrected chi connectivity index (χ0v) is 20.3. The van der Waals surface area contributed by atoms with Gasteiger partial charge in [-0.25, -0.2) is 0 Å². The molecular weight excluding hydrogens is 420 g/mol. The Kier molecular flexibility index (Phi) is 4.42. The molecule has 0 aliphatic heterocycles. The van der Waals surface area contributed by atoms with Crippen LogP contribution in [-0.2, 0) is 11.8 Å². The molecule has 0 radical (unpaired) electrons. The van der Waals surface area contributed by atoms with Crippen LogP contribution in [-0.4, -0.2) is 0 Å². The van der Waals surface area contributed by atoms with Crippen molar-refractivity contribution in [2.75, 3.05) is 0 Å². The van der Waals surface area contributed by atoms with Crippen molar-refractivity contribution in [3.63, 3.8) is 0 Å². The number of aryl methyl sites for hydroxylation is 2. The van der Waals surface area contributed by atoms with Gasteiger partial charge in [0.05, 0.1) is 5.41 Å². The normalized spacial score (nSPS) is 13.9. The third kappa shape index (κ3) is 2.57. The van der Waals surface area contributed by atoms with Gasteiger partial charge in [-0.15, -0.1) is 0 Å². The molecule has 7 rings (SSSR count).